The fourth-order valence-electron chi connectivity index (χ4n) is 1.99. The summed E-state index contributed by atoms with van der Waals surface area (Å²) in [6.07, 6.45) is 0. The van der Waals surface area contributed by atoms with Gasteiger partial charge in [-0.3, -0.25) is 9.59 Å². The van der Waals surface area contributed by atoms with E-state index in [1.54, 1.807) is 42.5 Å². The molecule has 124 valence electrons. The number of esters is 1. The highest BCUT2D eigenvalue weighted by Gasteiger charge is 2.09. The Morgan fingerprint density at radius 2 is 1.71 bits per heavy atom. The molecule has 0 atom stereocenters. The lowest BCUT2D eigenvalue weighted by Crippen LogP contribution is -2.20. The molecular formula is C18H17NO5. The maximum Gasteiger partial charge on any atom is 0.337 e. The fraction of sp³-hybridized carbons (Fsp3) is 0.167. The molecule has 1 amide bonds. The van der Waals surface area contributed by atoms with Crippen molar-refractivity contribution < 1.29 is 23.9 Å². The predicted molar refractivity (Wildman–Crippen MR) is 88.4 cm³/mol. The van der Waals surface area contributed by atoms with Crippen LogP contribution < -0.4 is 10.1 Å². The molecule has 0 unspecified atom stereocenters. The maximum absolute atomic E-state index is 11.9. The van der Waals surface area contributed by atoms with Crippen LogP contribution in [0.3, 0.4) is 0 Å². The number of carbonyl (C=O) groups excluding carboxylic acids is 3. The van der Waals surface area contributed by atoms with Crippen LogP contribution in [0, 0.1) is 0 Å². The number of Topliss-reactive ketones (excluding diaryl/α,β-unsaturated/α-hetero) is 1. The van der Waals surface area contributed by atoms with Crippen molar-refractivity contribution in [1.82, 2.24) is 0 Å². The van der Waals surface area contributed by atoms with E-state index in [4.69, 9.17) is 4.74 Å². The van der Waals surface area contributed by atoms with Gasteiger partial charge in [0.25, 0.3) is 5.91 Å². The number of nitrogens with one attached hydrogen (secondary N) is 1. The van der Waals surface area contributed by atoms with Crippen molar-refractivity contribution in [3.05, 3.63) is 59.7 Å². The smallest absolute Gasteiger partial charge is 0.337 e. The number of benzene rings is 2. The highest BCUT2D eigenvalue weighted by molar-refractivity contribution is 5.95. The van der Waals surface area contributed by atoms with Crippen molar-refractivity contribution in [2.24, 2.45) is 0 Å². The van der Waals surface area contributed by atoms with Crippen LogP contribution in [0.2, 0.25) is 0 Å². The molecule has 0 saturated heterocycles. The van der Waals surface area contributed by atoms with Gasteiger partial charge in [0.2, 0.25) is 0 Å². The molecule has 24 heavy (non-hydrogen) atoms. The van der Waals surface area contributed by atoms with Gasteiger partial charge in [-0.25, -0.2) is 4.79 Å². The first-order valence-corrected chi connectivity index (χ1v) is 7.21. The van der Waals surface area contributed by atoms with Gasteiger partial charge < -0.3 is 14.8 Å². The lowest BCUT2D eigenvalue weighted by molar-refractivity contribution is -0.118. The van der Waals surface area contributed by atoms with Crippen LogP contribution >= 0.6 is 0 Å². The van der Waals surface area contributed by atoms with Gasteiger partial charge in [-0.05, 0) is 37.3 Å². The summed E-state index contributed by atoms with van der Waals surface area (Å²) in [5.41, 5.74) is 1.31. The molecule has 0 radical (unpaired) electrons. The van der Waals surface area contributed by atoms with Crippen molar-refractivity contribution >= 4 is 23.3 Å². The first kappa shape index (κ1) is 17.2. The van der Waals surface area contributed by atoms with Gasteiger partial charge in [0.15, 0.2) is 12.4 Å². The highest BCUT2D eigenvalue weighted by Crippen LogP contribution is 2.15. The van der Waals surface area contributed by atoms with E-state index in [9.17, 15) is 14.4 Å². The molecule has 0 aliphatic rings. The molecule has 6 nitrogen and oxygen atoms in total. The quantitative estimate of drug-likeness (QED) is 0.651. The van der Waals surface area contributed by atoms with Crippen molar-refractivity contribution in [2.75, 3.05) is 19.0 Å². The number of ketones is 1. The third-order valence-corrected chi connectivity index (χ3v) is 3.18. The van der Waals surface area contributed by atoms with E-state index in [0.717, 1.165) is 0 Å². The minimum absolute atomic E-state index is 0.0791. The van der Waals surface area contributed by atoms with Crippen LogP contribution in [0.1, 0.15) is 27.6 Å². The van der Waals surface area contributed by atoms with Gasteiger partial charge in [-0.2, -0.15) is 0 Å². The minimum Gasteiger partial charge on any atom is -0.484 e. The summed E-state index contributed by atoms with van der Waals surface area (Å²) in [5, 5.41) is 2.63. The number of methoxy groups -OCH3 is 1. The monoisotopic (exact) mass is 327 g/mol. The van der Waals surface area contributed by atoms with E-state index in [2.05, 4.69) is 10.1 Å². The molecular weight excluding hydrogens is 310 g/mol. The summed E-state index contributed by atoms with van der Waals surface area (Å²) >= 11 is 0. The average molecular weight is 327 g/mol. The fourth-order valence-corrected chi connectivity index (χ4v) is 1.99. The standard InChI is InChI=1S/C18H17NO5/c1-12(20)13-5-4-8-16(10-13)24-11-17(21)19-15-7-3-6-14(9-15)18(22)23-2/h3-10H,11H2,1-2H3,(H,19,21). The lowest BCUT2D eigenvalue weighted by Gasteiger charge is -2.09. The Morgan fingerprint density at radius 3 is 2.42 bits per heavy atom. The third-order valence-electron chi connectivity index (χ3n) is 3.18. The Bertz CT molecular complexity index is 770. The summed E-state index contributed by atoms with van der Waals surface area (Å²) in [7, 11) is 1.29. The van der Waals surface area contributed by atoms with Crippen LogP contribution in [-0.2, 0) is 9.53 Å². The first-order chi connectivity index (χ1) is 11.5. The van der Waals surface area contributed by atoms with Gasteiger partial charge >= 0.3 is 5.97 Å². The zero-order valence-electron chi connectivity index (χ0n) is 13.4. The van der Waals surface area contributed by atoms with Gasteiger partial charge in [-0.15, -0.1) is 0 Å². The molecule has 0 aromatic heterocycles. The van der Waals surface area contributed by atoms with Crippen LogP contribution in [-0.4, -0.2) is 31.4 Å². The van der Waals surface area contributed by atoms with Crippen LogP contribution in [0.25, 0.3) is 0 Å². The second kappa shape index (κ2) is 7.92. The summed E-state index contributed by atoms with van der Waals surface area (Å²) in [5.74, 6) is -0.515. The minimum atomic E-state index is -0.483. The number of rotatable bonds is 6. The van der Waals surface area contributed by atoms with Gasteiger partial charge in [0, 0.05) is 11.3 Å². The molecule has 1 N–H and O–H groups in total. The van der Waals surface area contributed by atoms with E-state index in [1.807, 2.05) is 0 Å². The normalized spacial score (nSPS) is 9.92. The molecule has 0 fully saturated rings. The molecule has 2 aromatic carbocycles. The van der Waals surface area contributed by atoms with E-state index in [-0.39, 0.29) is 18.3 Å². The van der Waals surface area contributed by atoms with E-state index in [0.29, 0.717) is 22.6 Å². The Labute approximate surface area is 139 Å². The van der Waals surface area contributed by atoms with Crippen LogP contribution in [0.4, 0.5) is 5.69 Å². The van der Waals surface area contributed by atoms with E-state index < -0.39 is 5.97 Å². The topological polar surface area (TPSA) is 81.7 Å². The lowest BCUT2D eigenvalue weighted by atomic mass is 10.1. The number of hydrogen-bond acceptors (Lipinski definition) is 5. The van der Waals surface area contributed by atoms with Crippen molar-refractivity contribution in [1.29, 1.82) is 0 Å². The molecule has 0 aliphatic heterocycles. The number of ether oxygens (including phenoxy) is 2. The summed E-state index contributed by atoms with van der Waals surface area (Å²) in [4.78, 5) is 34.7. The molecule has 6 heteroatoms. The molecule has 0 saturated carbocycles. The Morgan fingerprint density at radius 1 is 1.00 bits per heavy atom. The highest BCUT2D eigenvalue weighted by atomic mass is 16.5. The number of amides is 1. The molecule has 0 bridgehead atoms. The summed E-state index contributed by atoms with van der Waals surface area (Å²) < 4.78 is 10.0. The van der Waals surface area contributed by atoms with Crippen molar-refractivity contribution in [3.8, 4) is 5.75 Å². The zero-order chi connectivity index (χ0) is 17.5. The average Bonchev–Trinajstić information content (AvgIpc) is 2.59. The largest absolute Gasteiger partial charge is 0.484 e. The van der Waals surface area contributed by atoms with Crippen LogP contribution in [0.15, 0.2) is 48.5 Å². The van der Waals surface area contributed by atoms with Gasteiger partial charge in [-0.1, -0.05) is 18.2 Å². The molecule has 2 aromatic rings. The summed E-state index contributed by atoms with van der Waals surface area (Å²) in [6.45, 7) is 1.24. The Kier molecular flexibility index (Phi) is 5.68. The molecule has 0 heterocycles. The summed E-state index contributed by atoms with van der Waals surface area (Å²) in [6, 6.07) is 13.0. The van der Waals surface area contributed by atoms with E-state index >= 15 is 0 Å². The van der Waals surface area contributed by atoms with Crippen molar-refractivity contribution in [3.63, 3.8) is 0 Å². The Balaban J connectivity index is 1.95. The molecule has 0 spiro atoms. The number of hydrogen-bond donors (Lipinski definition) is 1. The predicted octanol–water partition coefficient (Wildman–Crippen LogP) is 2.69. The number of anilines is 1. The van der Waals surface area contributed by atoms with E-state index in [1.165, 1.54) is 20.1 Å². The first-order valence-electron chi connectivity index (χ1n) is 7.21. The van der Waals surface area contributed by atoms with Crippen LogP contribution in [0.5, 0.6) is 5.75 Å². The second-order valence-electron chi connectivity index (χ2n) is 4.99. The maximum atomic E-state index is 11.9. The third kappa shape index (κ3) is 4.67. The van der Waals surface area contributed by atoms with Crippen molar-refractivity contribution in [2.45, 2.75) is 6.92 Å². The Hall–Kier alpha value is -3.15. The second-order valence-corrected chi connectivity index (χ2v) is 4.99. The number of carbonyl (C=O) groups is 3. The molecule has 2 rings (SSSR count). The van der Waals surface area contributed by atoms with Gasteiger partial charge in [0.05, 0.1) is 12.7 Å². The SMILES string of the molecule is COC(=O)c1cccc(NC(=O)COc2cccc(C(C)=O)c2)c1. The molecule has 0 aliphatic carbocycles. The van der Waals surface area contributed by atoms with Gasteiger partial charge in [0.1, 0.15) is 5.75 Å². The zero-order valence-corrected chi connectivity index (χ0v) is 13.4.